The van der Waals surface area contributed by atoms with Crippen molar-refractivity contribution < 1.29 is 19.1 Å². The highest BCUT2D eigenvalue weighted by atomic mass is 16.5. The molecule has 134 valence electrons. The van der Waals surface area contributed by atoms with Gasteiger partial charge in [-0.2, -0.15) is 0 Å². The molecule has 1 N–H and O–H groups in total. The molecule has 5 nitrogen and oxygen atoms in total. The van der Waals surface area contributed by atoms with Gasteiger partial charge < -0.3 is 10.1 Å². The molecule has 5 heteroatoms. The van der Waals surface area contributed by atoms with Crippen LogP contribution in [-0.2, 0) is 14.3 Å². The summed E-state index contributed by atoms with van der Waals surface area (Å²) in [5, 5.41) is 2.96. The van der Waals surface area contributed by atoms with Gasteiger partial charge in [0.1, 0.15) is 0 Å². The Hall–Kier alpha value is -2.43. The van der Waals surface area contributed by atoms with E-state index in [4.69, 9.17) is 4.74 Å². The molecule has 0 bridgehead atoms. The molecule has 0 aliphatic heterocycles. The van der Waals surface area contributed by atoms with E-state index in [-0.39, 0.29) is 34.6 Å². The van der Waals surface area contributed by atoms with Crippen LogP contribution in [0, 0.1) is 5.41 Å². The van der Waals surface area contributed by atoms with Crippen LogP contribution in [0.2, 0.25) is 0 Å². The summed E-state index contributed by atoms with van der Waals surface area (Å²) in [7, 11) is 0. The third-order valence-corrected chi connectivity index (χ3v) is 4.27. The lowest BCUT2D eigenvalue weighted by Crippen LogP contribution is -2.31. The lowest BCUT2D eigenvalue weighted by atomic mass is 9.74. The molecule has 0 radical (unpaired) electrons. The molecule has 1 atom stereocenters. The number of esters is 1. The number of nitrogens with one attached hydrogen (secondary N) is 1. The predicted octanol–water partition coefficient (Wildman–Crippen LogP) is 3.90. The molecule has 1 saturated carbocycles. The number of carbonyl (C=O) groups excluding carboxylic acids is 3. The number of ketones is 2. The second kappa shape index (κ2) is 7.64. The van der Waals surface area contributed by atoms with Crippen molar-refractivity contribution in [1.29, 1.82) is 0 Å². The largest absolute Gasteiger partial charge is 0.459 e. The van der Waals surface area contributed by atoms with Crippen LogP contribution in [0.3, 0.4) is 0 Å². The second-order valence-corrected chi connectivity index (χ2v) is 7.27. The Bertz CT molecular complexity index is 679. The van der Waals surface area contributed by atoms with Gasteiger partial charge in [-0.3, -0.25) is 9.59 Å². The van der Waals surface area contributed by atoms with Crippen LogP contribution in [0.1, 0.15) is 57.3 Å². The smallest absolute Gasteiger partial charge is 0.338 e. The highest BCUT2D eigenvalue weighted by molar-refractivity contribution is 6.22. The molecule has 0 heterocycles. The summed E-state index contributed by atoms with van der Waals surface area (Å²) in [5.74, 6) is -0.635. The van der Waals surface area contributed by atoms with Gasteiger partial charge in [0.2, 0.25) is 0 Å². The molecule has 0 spiro atoms. The van der Waals surface area contributed by atoms with E-state index in [2.05, 4.69) is 5.32 Å². The molecule has 0 amide bonds. The fraction of sp³-hybridized carbons (Fsp3) is 0.450. The highest BCUT2D eigenvalue weighted by Gasteiger charge is 2.35. The first-order chi connectivity index (χ1) is 11.7. The summed E-state index contributed by atoms with van der Waals surface area (Å²) in [5.41, 5.74) is 1.09. The molecule has 1 aromatic rings. The molecule has 1 aliphatic carbocycles. The summed E-state index contributed by atoms with van der Waals surface area (Å²) in [6.07, 6.45) is 2.84. The molecule has 1 aliphatic rings. The third-order valence-electron chi connectivity index (χ3n) is 4.27. The van der Waals surface area contributed by atoms with E-state index in [1.54, 1.807) is 24.3 Å². The van der Waals surface area contributed by atoms with E-state index in [1.807, 2.05) is 27.7 Å². The van der Waals surface area contributed by atoms with Gasteiger partial charge in [-0.1, -0.05) is 20.8 Å². The number of rotatable bonds is 5. The molecular formula is C20H25NO4. The van der Waals surface area contributed by atoms with Crippen LogP contribution in [0.25, 0.3) is 0 Å². The van der Waals surface area contributed by atoms with Crippen LogP contribution in [0.5, 0.6) is 0 Å². The lowest BCUT2D eigenvalue weighted by molar-refractivity contribution is -0.127. The maximum Gasteiger partial charge on any atom is 0.338 e. The van der Waals surface area contributed by atoms with E-state index in [0.29, 0.717) is 24.1 Å². The fourth-order valence-corrected chi connectivity index (χ4v) is 2.63. The minimum Gasteiger partial charge on any atom is -0.459 e. The summed E-state index contributed by atoms with van der Waals surface area (Å²) >= 11 is 0. The van der Waals surface area contributed by atoms with Crippen molar-refractivity contribution in [2.75, 3.05) is 5.32 Å². The zero-order valence-corrected chi connectivity index (χ0v) is 15.2. The lowest BCUT2D eigenvalue weighted by Gasteiger charge is -2.28. The minimum absolute atomic E-state index is 0.123. The van der Waals surface area contributed by atoms with Gasteiger partial charge in [0, 0.05) is 24.7 Å². The van der Waals surface area contributed by atoms with Gasteiger partial charge in [0.25, 0.3) is 0 Å². The SMILES string of the molecule is CCC(C)OC(=O)c1ccc(NC=C2C(=O)CC(C)(C)CC2=O)cc1. The zero-order valence-electron chi connectivity index (χ0n) is 15.2. The van der Waals surface area contributed by atoms with Gasteiger partial charge in [-0.25, -0.2) is 4.79 Å². The van der Waals surface area contributed by atoms with Crippen LogP contribution in [0.4, 0.5) is 5.69 Å². The van der Waals surface area contributed by atoms with E-state index in [9.17, 15) is 14.4 Å². The monoisotopic (exact) mass is 343 g/mol. The van der Waals surface area contributed by atoms with Crippen LogP contribution >= 0.6 is 0 Å². The number of ether oxygens (including phenoxy) is 1. The van der Waals surface area contributed by atoms with Crippen molar-refractivity contribution in [2.45, 2.75) is 53.1 Å². The molecule has 25 heavy (non-hydrogen) atoms. The zero-order chi connectivity index (χ0) is 18.6. The summed E-state index contributed by atoms with van der Waals surface area (Å²) in [6.45, 7) is 7.64. The Kier molecular flexibility index (Phi) is 5.77. The molecule has 1 aromatic carbocycles. The van der Waals surface area contributed by atoms with E-state index < -0.39 is 0 Å². The Morgan fingerprint density at radius 3 is 2.28 bits per heavy atom. The number of allylic oxidation sites excluding steroid dienone is 1. The molecule has 0 saturated heterocycles. The van der Waals surface area contributed by atoms with Gasteiger partial charge in [0.15, 0.2) is 11.6 Å². The quantitative estimate of drug-likeness (QED) is 0.499. The molecule has 0 aromatic heterocycles. The summed E-state index contributed by atoms with van der Waals surface area (Å²) in [4.78, 5) is 36.2. The first kappa shape index (κ1) is 18.9. The Morgan fingerprint density at radius 2 is 1.76 bits per heavy atom. The van der Waals surface area contributed by atoms with E-state index >= 15 is 0 Å². The molecular weight excluding hydrogens is 318 g/mol. The number of hydrogen-bond acceptors (Lipinski definition) is 5. The maximum atomic E-state index is 12.1. The van der Waals surface area contributed by atoms with Crippen molar-refractivity contribution in [2.24, 2.45) is 5.41 Å². The topological polar surface area (TPSA) is 72.5 Å². The van der Waals surface area contributed by atoms with Gasteiger partial charge in [-0.05, 0) is 43.0 Å². The Morgan fingerprint density at radius 1 is 1.20 bits per heavy atom. The van der Waals surface area contributed by atoms with E-state index in [0.717, 1.165) is 6.42 Å². The average Bonchev–Trinajstić information content (AvgIpc) is 2.53. The van der Waals surface area contributed by atoms with E-state index in [1.165, 1.54) is 6.20 Å². The number of hydrogen-bond donors (Lipinski definition) is 1. The normalized spacial score (nSPS) is 17.8. The first-order valence-corrected chi connectivity index (χ1v) is 8.56. The van der Waals surface area contributed by atoms with Gasteiger partial charge in [-0.15, -0.1) is 0 Å². The van der Waals surface area contributed by atoms with Gasteiger partial charge >= 0.3 is 5.97 Å². The molecule has 1 fully saturated rings. The van der Waals surface area contributed by atoms with Crippen LogP contribution in [0.15, 0.2) is 36.0 Å². The predicted molar refractivity (Wildman–Crippen MR) is 96.3 cm³/mol. The Balaban J connectivity index is 2.03. The van der Waals surface area contributed by atoms with Crippen molar-refractivity contribution in [1.82, 2.24) is 0 Å². The first-order valence-electron chi connectivity index (χ1n) is 8.56. The number of benzene rings is 1. The second-order valence-electron chi connectivity index (χ2n) is 7.27. The Labute approximate surface area is 148 Å². The third kappa shape index (κ3) is 5.02. The highest BCUT2D eigenvalue weighted by Crippen LogP contribution is 2.33. The maximum absolute atomic E-state index is 12.1. The molecule has 2 rings (SSSR count). The minimum atomic E-state index is -0.362. The van der Waals surface area contributed by atoms with Crippen molar-refractivity contribution in [3.05, 3.63) is 41.6 Å². The molecule has 1 unspecified atom stereocenters. The van der Waals surface area contributed by atoms with Crippen molar-refractivity contribution in [3.8, 4) is 0 Å². The average molecular weight is 343 g/mol. The number of Topliss-reactive ketones (excluding diaryl/α,β-unsaturated/α-hetero) is 2. The fourth-order valence-electron chi connectivity index (χ4n) is 2.63. The van der Waals surface area contributed by atoms with Gasteiger partial charge in [0.05, 0.1) is 17.2 Å². The van der Waals surface area contributed by atoms with Crippen molar-refractivity contribution in [3.63, 3.8) is 0 Å². The number of carbonyl (C=O) groups is 3. The summed E-state index contributed by atoms with van der Waals surface area (Å²) < 4.78 is 5.27. The number of anilines is 1. The van der Waals surface area contributed by atoms with Crippen LogP contribution in [-0.4, -0.2) is 23.6 Å². The van der Waals surface area contributed by atoms with Crippen LogP contribution < -0.4 is 5.32 Å². The van der Waals surface area contributed by atoms with Crippen molar-refractivity contribution >= 4 is 23.2 Å². The summed E-state index contributed by atoms with van der Waals surface area (Å²) in [6, 6.07) is 6.73. The standard InChI is InChI=1S/C20H25NO4/c1-5-13(2)25-19(24)14-6-8-15(9-7-14)21-12-16-17(22)10-20(3,4)11-18(16)23/h6-9,12-13,21H,5,10-11H2,1-4H3.